The van der Waals surface area contributed by atoms with E-state index in [1.165, 1.54) is 0 Å². The van der Waals surface area contributed by atoms with E-state index in [2.05, 4.69) is 21.2 Å². The first kappa shape index (κ1) is 17.5. The van der Waals surface area contributed by atoms with Crippen molar-refractivity contribution >= 4 is 32.9 Å². The first-order valence-electron chi connectivity index (χ1n) is 8.23. The summed E-state index contributed by atoms with van der Waals surface area (Å²) in [4.78, 5) is 14.2. The van der Waals surface area contributed by atoms with Crippen LogP contribution in [0.25, 0.3) is 11.0 Å². The van der Waals surface area contributed by atoms with Crippen LogP contribution in [0.1, 0.15) is 37.3 Å². The molecule has 1 N–H and O–H groups in total. The fraction of sp³-hybridized carbons (Fsp3) is 0.250. The normalized spacial score (nSPS) is 13.4. The lowest BCUT2D eigenvalue weighted by atomic mass is 10.1. The molecule has 2 aromatic carbocycles. The molecule has 0 radical (unpaired) electrons. The number of hydrogen-bond acceptors (Lipinski definition) is 2. The molecule has 5 heteroatoms. The quantitative estimate of drug-likeness (QED) is 0.613. The smallest absolute Gasteiger partial charge is 0.318 e. The number of halogens is 1. The molecule has 0 saturated heterocycles. The third kappa shape index (κ3) is 3.87. The van der Waals surface area contributed by atoms with Crippen molar-refractivity contribution in [3.05, 3.63) is 70.4 Å². The molecule has 3 aromatic rings. The second-order valence-corrected chi connectivity index (χ2v) is 7.11. The van der Waals surface area contributed by atoms with Gasteiger partial charge in [0.15, 0.2) is 0 Å². The number of fused-ring (bicyclic) bond motifs is 1. The van der Waals surface area contributed by atoms with Crippen LogP contribution in [0.4, 0.5) is 4.79 Å². The zero-order valence-corrected chi connectivity index (χ0v) is 16.1. The van der Waals surface area contributed by atoms with Crippen molar-refractivity contribution in [3.63, 3.8) is 0 Å². The van der Waals surface area contributed by atoms with E-state index in [4.69, 9.17) is 4.42 Å². The van der Waals surface area contributed by atoms with Crippen LogP contribution in [0.15, 0.2) is 63.5 Å². The van der Waals surface area contributed by atoms with E-state index < -0.39 is 0 Å². The Hall–Kier alpha value is -2.27. The van der Waals surface area contributed by atoms with Crippen molar-refractivity contribution in [2.75, 3.05) is 7.05 Å². The molecule has 2 unspecified atom stereocenters. The first-order chi connectivity index (χ1) is 12.0. The molecule has 0 fully saturated rings. The van der Waals surface area contributed by atoms with Crippen LogP contribution < -0.4 is 5.32 Å². The predicted molar refractivity (Wildman–Crippen MR) is 103 cm³/mol. The minimum absolute atomic E-state index is 0.0778. The molecule has 0 aliphatic carbocycles. The number of nitrogens with one attached hydrogen (secondary N) is 1. The standard InChI is InChI=1S/C20H21BrN2O2/c1-13(15-8-10-17(21)11-9-15)22-20(24)23(3)14(2)19-12-16-6-4-5-7-18(16)25-19/h4-14H,1-3H3,(H,22,24). The van der Waals surface area contributed by atoms with Gasteiger partial charge in [-0.1, -0.05) is 46.3 Å². The van der Waals surface area contributed by atoms with E-state index in [1.54, 1.807) is 11.9 Å². The summed E-state index contributed by atoms with van der Waals surface area (Å²) in [6.07, 6.45) is 0. The zero-order valence-electron chi connectivity index (χ0n) is 14.5. The van der Waals surface area contributed by atoms with Crippen LogP contribution in [0.3, 0.4) is 0 Å². The van der Waals surface area contributed by atoms with Gasteiger partial charge < -0.3 is 14.6 Å². The van der Waals surface area contributed by atoms with Crippen LogP contribution in [-0.4, -0.2) is 18.0 Å². The highest BCUT2D eigenvalue weighted by atomic mass is 79.9. The molecule has 130 valence electrons. The third-order valence-electron chi connectivity index (χ3n) is 4.47. The minimum Gasteiger partial charge on any atom is -0.459 e. The van der Waals surface area contributed by atoms with Crippen LogP contribution in [0.2, 0.25) is 0 Å². The van der Waals surface area contributed by atoms with Crippen LogP contribution in [-0.2, 0) is 0 Å². The summed E-state index contributed by atoms with van der Waals surface area (Å²) in [5.74, 6) is 0.773. The van der Waals surface area contributed by atoms with Crippen molar-refractivity contribution < 1.29 is 9.21 Å². The third-order valence-corrected chi connectivity index (χ3v) is 5.00. The van der Waals surface area contributed by atoms with Gasteiger partial charge in [0.2, 0.25) is 0 Å². The number of hydrogen-bond donors (Lipinski definition) is 1. The summed E-state index contributed by atoms with van der Waals surface area (Å²) in [7, 11) is 1.78. The van der Waals surface area contributed by atoms with E-state index in [9.17, 15) is 4.79 Å². The highest BCUT2D eigenvalue weighted by Crippen LogP contribution is 2.27. The van der Waals surface area contributed by atoms with Crippen LogP contribution in [0.5, 0.6) is 0 Å². The number of urea groups is 1. The van der Waals surface area contributed by atoms with Gasteiger partial charge in [0.05, 0.1) is 12.1 Å². The molecule has 2 amide bonds. The Morgan fingerprint density at radius 1 is 1.12 bits per heavy atom. The second kappa shape index (κ2) is 7.31. The van der Waals surface area contributed by atoms with Gasteiger partial charge >= 0.3 is 6.03 Å². The number of benzene rings is 2. The second-order valence-electron chi connectivity index (χ2n) is 6.20. The van der Waals surface area contributed by atoms with E-state index in [0.717, 1.165) is 26.8 Å². The summed E-state index contributed by atoms with van der Waals surface area (Å²) in [5.41, 5.74) is 1.89. The summed E-state index contributed by atoms with van der Waals surface area (Å²) in [6, 6.07) is 17.4. The molecular formula is C20H21BrN2O2. The van der Waals surface area contributed by atoms with E-state index >= 15 is 0 Å². The number of carbonyl (C=O) groups is 1. The largest absolute Gasteiger partial charge is 0.459 e. The monoisotopic (exact) mass is 400 g/mol. The van der Waals surface area contributed by atoms with Gasteiger partial charge in [-0.3, -0.25) is 0 Å². The van der Waals surface area contributed by atoms with Crippen LogP contribution >= 0.6 is 15.9 Å². The minimum atomic E-state index is -0.162. The van der Waals surface area contributed by atoms with Crippen molar-refractivity contribution in [2.45, 2.75) is 25.9 Å². The Kier molecular flexibility index (Phi) is 5.13. The lowest BCUT2D eigenvalue weighted by Gasteiger charge is -2.26. The SMILES string of the molecule is CC(NC(=O)N(C)C(C)c1cc2ccccc2o1)c1ccc(Br)cc1. The molecule has 0 spiro atoms. The number of para-hydroxylation sites is 1. The average molecular weight is 401 g/mol. The van der Waals surface area contributed by atoms with E-state index in [0.29, 0.717) is 0 Å². The molecular weight excluding hydrogens is 380 g/mol. The summed E-state index contributed by atoms with van der Waals surface area (Å²) >= 11 is 3.42. The van der Waals surface area contributed by atoms with Gasteiger partial charge in [-0.2, -0.15) is 0 Å². The molecule has 0 bridgehead atoms. The Morgan fingerprint density at radius 2 is 1.80 bits per heavy atom. The molecule has 4 nitrogen and oxygen atoms in total. The van der Waals surface area contributed by atoms with Gasteiger partial charge in [0, 0.05) is 16.9 Å². The maximum atomic E-state index is 12.6. The Bertz CT molecular complexity index is 840. The highest BCUT2D eigenvalue weighted by molar-refractivity contribution is 9.10. The fourth-order valence-corrected chi connectivity index (χ4v) is 2.96. The average Bonchev–Trinajstić information content (AvgIpc) is 3.05. The lowest BCUT2D eigenvalue weighted by Crippen LogP contribution is -2.39. The number of furan rings is 1. The van der Waals surface area contributed by atoms with Gasteiger partial charge in [-0.15, -0.1) is 0 Å². The van der Waals surface area contributed by atoms with Crippen molar-refractivity contribution in [1.29, 1.82) is 0 Å². The van der Waals surface area contributed by atoms with Crippen molar-refractivity contribution in [3.8, 4) is 0 Å². The van der Waals surface area contributed by atoms with Gasteiger partial charge in [-0.25, -0.2) is 4.79 Å². The molecule has 25 heavy (non-hydrogen) atoms. The summed E-state index contributed by atoms with van der Waals surface area (Å²) in [6.45, 7) is 3.93. The Balaban J connectivity index is 1.69. The van der Waals surface area contributed by atoms with E-state index in [-0.39, 0.29) is 18.1 Å². The molecule has 0 aliphatic heterocycles. The number of rotatable bonds is 4. The first-order valence-corrected chi connectivity index (χ1v) is 9.02. The molecule has 2 atom stereocenters. The zero-order chi connectivity index (χ0) is 18.0. The topological polar surface area (TPSA) is 45.5 Å². The van der Waals surface area contributed by atoms with Crippen molar-refractivity contribution in [1.82, 2.24) is 10.2 Å². The molecule has 3 rings (SSSR count). The highest BCUT2D eigenvalue weighted by Gasteiger charge is 2.22. The maximum absolute atomic E-state index is 12.6. The Morgan fingerprint density at radius 3 is 2.48 bits per heavy atom. The summed E-state index contributed by atoms with van der Waals surface area (Å²) < 4.78 is 6.90. The molecule has 1 heterocycles. The number of amides is 2. The van der Waals surface area contributed by atoms with Crippen molar-refractivity contribution in [2.24, 2.45) is 0 Å². The molecule has 1 aromatic heterocycles. The predicted octanol–water partition coefficient (Wildman–Crippen LogP) is 5.66. The van der Waals surface area contributed by atoms with Gasteiger partial charge in [0.25, 0.3) is 0 Å². The fourth-order valence-electron chi connectivity index (χ4n) is 2.70. The van der Waals surface area contributed by atoms with Crippen LogP contribution in [0, 0.1) is 0 Å². The maximum Gasteiger partial charge on any atom is 0.318 e. The number of nitrogens with zero attached hydrogens (tertiary/aromatic N) is 1. The van der Waals surface area contributed by atoms with Gasteiger partial charge in [0.1, 0.15) is 11.3 Å². The van der Waals surface area contributed by atoms with Gasteiger partial charge in [-0.05, 0) is 43.7 Å². The summed E-state index contributed by atoms with van der Waals surface area (Å²) in [5, 5.41) is 4.07. The Labute approximate surface area is 155 Å². The van der Waals surface area contributed by atoms with E-state index in [1.807, 2.05) is 68.4 Å². The number of carbonyl (C=O) groups excluding carboxylic acids is 1. The molecule has 0 aliphatic rings. The molecule has 0 saturated carbocycles. The lowest BCUT2D eigenvalue weighted by molar-refractivity contribution is 0.185.